The van der Waals surface area contributed by atoms with Gasteiger partial charge in [-0.2, -0.15) is 18.4 Å². The van der Waals surface area contributed by atoms with Gasteiger partial charge in [0.25, 0.3) is 0 Å². The van der Waals surface area contributed by atoms with E-state index in [0.29, 0.717) is 12.2 Å². The van der Waals surface area contributed by atoms with Crippen LogP contribution in [0.5, 0.6) is 0 Å². The average molecular weight is 257 g/mol. The van der Waals surface area contributed by atoms with Gasteiger partial charge in [-0.1, -0.05) is 6.92 Å². The third-order valence-corrected chi connectivity index (χ3v) is 2.59. The van der Waals surface area contributed by atoms with Gasteiger partial charge in [-0.3, -0.25) is 0 Å². The number of nitrogens with one attached hydrogen (secondary N) is 1. The van der Waals surface area contributed by atoms with Crippen molar-refractivity contribution >= 4 is 5.69 Å². The van der Waals surface area contributed by atoms with Crippen molar-refractivity contribution in [3.8, 4) is 6.07 Å². The largest absolute Gasteiger partial charge is 0.417 e. The van der Waals surface area contributed by atoms with Crippen molar-refractivity contribution in [1.82, 2.24) is 0 Å². The molecule has 18 heavy (non-hydrogen) atoms. The van der Waals surface area contributed by atoms with Crippen LogP contribution < -0.4 is 11.1 Å². The fourth-order valence-corrected chi connectivity index (χ4v) is 1.54. The molecule has 1 aromatic rings. The van der Waals surface area contributed by atoms with E-state index in [4.69, 9.17) is 11.0 Å². The summed E-state index contributed by atoms with van der Waals surface area (Å²) in [6.07, 6.45) is -3.76. The van der Waals surface area contributed by atoms with E-state index in [1.807, 2.05) is 6.92 Å². The fraction of sp³-hybridized carbons (Fsp3) is 0.417. The summed E-state index contributed by atoms with van der Waals surface area (Å²) < 4.78 is 37.7. The Labute approximate surface area is 103 Å². The number of hydrogen-bond donors (Lipinski definition) is 2. The Morgan fingerprint density at radius 2 is 2.11 bits per heavy atom. The quantitative estimate of drug-likeness (QED) is 0.871. The summed E-state index contributed by atoms with van der Waals surface area (Å²) in [6.45, 7) is 2.29. The summed E-state index contributed by atoms with van der Waals surface area (Å²) in [4.78, 5) is 0. The zero-order valence-electron chi connectivity index (χ0n) is 9.88. The molecule has 1 aromatic carbocycles. The second kappa shape index (κ2) is 5.74. The van der Waals surface area contributed by atoms with Crippen LogP contribution in [0.1, 0.15) is 24.5 Å². The monoisotopic (exact) mass is 257 g/mol. The first kappa shape index (κ1) is 14.3. The number of nitriles is 1. The lowest BCUT2D eigenvalue weighted by molar-refractivity contribution is -0.137. The van der Waals surface area contributed by atoms with Gasteiger partial charge < -0.3 is 11.1 Å². The highest BCUT2D eigenvalue weighted by Crippen LogP contribution is 2.33. The lowest BCUT2D eigenvalue weighted by Crippen LogP contribution is -2.28. The molecule has 0 aliphatic carbocycles. The van der Waals surface area contributed by atoms with Crippen molar-refractivity contribution in [2.75, 3.05) is 11.9 Å². The molecule has 1 unspecified atom stereocenters. The summed E-state index contributed by atoms with van der Waals surface area (Å²) in [6, 6.07) is 4.95. The molecule has 0 radical (unpaired) electrons. The zero-order chi connectivity index (χ0) is 13.8. The van der Waals surface area contributed by atoms with E-state index in [1.54, 1.807) is 6.07 Å². The Morgan fingerprint density at radius 1 is 1.44 bits per heavy atom. The molecular weight excluding hydrogens is 243 g/mol. The molecule has 1 rings (SSSR count). The van der Waals surface area contributed by atoms with Gasteiger partial charge in [0.1, 0.15) is 0 Å². The minimum Gasteiger partial charge on any atom is -0.381 e. The third kappa shape index (κ3) is 3.37. The molecule has 0 bridgehead atoms. The number of nitrogens with two attached hydrogens (primary N) is 1. The lowest BCUT2D eigenvalue weighted by atomic mass is 10.1. The van der Waals surface area contributed by atoms with Crippen molar-refractivity contribution < 1.29 is 13.2 Å². The van der Waals surface area contributed by atoms with Gasteiger partial charge in [0, 0.05) is 18.3 Å². The summed E-state index contributed by atoms with van der Waals surface area (Å²) in [5.41, 5.74) is 4.65. The molecule has 6 heteroatoms. The first-order valence-corrected chi connectivity index (χ1v) is 5.50. The normalized spacial score (nSPS) is 12.9. The molecule has 0 fully saturated rings. The molecule has 3 nitrogen and oxygen atoms in total. The van der Waals surface area contributed by atoms with E-state index in [9.17, 15) is 13.2 Å². The summed E-state index contributed by atoms with van der Waals surface area (Å²) in [5, 5.41) is 11.7. The fourth-order valence-electron chi connectivity index (χ4n) is 1.54. The van der Waals surface area contributed by atoms with Crippen LogP contribution in [0.3, 0.4) is 0 Å². The van der Waals surface area contributed by atoms with Gasteiger partial charge in [0.05, 0.1) is 17.2 Å². The zero-order valence-corrected chi connectivity index (χ0v) is 9.88. The van der Waals surface area contributed by atoms with Gasteiger partial charge in [0.2, 0.25) is 0 Å². The molecule has 1 atom stereocenters. The topological polar surface area (TPSA) is 61.8 Å². The minimum atomic E-state index is -4.51. The molecule has 0 aromatic heterocycles. The second-order valence-corrected chi connectivity index (χ2v) is 3.86. The Balaban J connectivity index is 3.04. The molecule has 98 valence electrons. The predicted octanol–water partition coefficient (Wildman–Crippen LogP) is 2.73. The molecular formula is C12H14F3N3. The Morgan fingerprint density at radius 3 is 2.56 bits per heavy atom. The maximum absolute atomic E-state index is 12.6. The molecule has 0 spiro atoms. The Kier molecular flexibility index (Phi) is 4.56. The first-order valence-electron chi connectivity index (χ1n) is 5.50. The van der Waals surface area contributed by atoms with E-state index >= 15 is 0 Å². The smallest absolute Gasteiger partial charge is 0.381 e. The molecule has 0 aliphatic heterocycles. The van der Waals surface area contributed by atoms with Crippen molar-refractivity contribution in [3.05, 3.63) is 29.3 Å². The number of alkyl halides is 3. The van der Waals surface area contributed by atoms with Crippen molar-refractivity contribution in [3.63, 3.8) is 0 Å². The van der Waals surface area contributed by atoms with Crippen molar-refractivity contribution in [1.29, 1.82) is 5.26 Å². The van der Waals surface area contributed by atoms with Gasteiger partial charge in [0.15, 0.2) is 0 Å². The molecule has 0 heterocycles. The van der Waals surface area contributed by atoms with E-state index in [2.05, 4.69) is 5.32 Å². The minimum absolute atomic E-state index is 0.0201. The summed E-state index contributed by atoms with van der Waals surface area (Å²) in [5.74, 6) is 0. The lowest BCUT2D eigenvalue weighted by Gasteiger charge is -2.17. The number of hydrogen-bond acceptors (Lipinski definition) is 3. The van der Waals surface area contributed by atoms with Gasteiger partial charge in [-0.15, -0.1) is 0 Å². The number of rotatable bonds is 4. The van der Waals surface area contributed by atoms with E-state index in [0.717, 1.165) is 12.5 Å². The Hall–Kier alpha value is -1.74. The number of nitrogens with zero attached hydrogens (tertiary/aromatic N) is 1. The summed E-state index contributed by atoms with van der Waals surface area (Å²) in [7, 11) is 0. The third-order valence-electron chi connectivity index (χ3n) is 2.59. The van der Waals surface area contributed by atoms with Gasteiger partial charge in [-0.25, -0.2) is 0 Å². The molecule has 0 aliphatic rings. The Bertz CT molecular complexity index is 445. The standard InChI is InChI=1S/C12H14F3N3/c1-2-9(7-17)18-10-3-4-11(12(13,14)15)8(5-10)6-16/h3-5,9,18H,2,7,17H2,1H3. The summed E-state index contributed by atoms with van der Waals surface area (Å²) >= 11 is 0. The van der Waals surface area contributed by atoms with Gasteiger partial charge >= 0.3 is 6.18 Å². The van der Waals surface area contributed by atoms with E-state index < -0.39 is 11.7 Å². The molecule has 3 N–H and O–H groups in total. The highest BCUT2D eigenvalue weighted by molar-refractivity contribution is 5.54. The first-order chi connectivity index (χ1) is 8.42. The van der Waals surface area contributed by atoms with E-state index in [1.165, 1.54) is 12.1 Å². The van der Waals surface area contributed by atoms with Crippen LogP contribution in [-0.4, -0.2) is 12.6 Å². The number of benzene rings is 1. The van der Waals surface area contributed by atoms with Crippen LogP contribution in [0, 0.1) is 11.3 Å². The highest BCUT2D eigenvalue weighted by atomic mass is 19.4. The maximum atomic E-state index is 12.6. The molecule has 0 saturated carbocycles. The number of halogens is 3. The van der Waals surface area contributed by atoms with E-state index in [-0.39, 0.29) is 11.6 Å². The van der Waals surface area contributed by atoms with Crippen LogP contribution in [0.25, 0.3) is 0 Å². The van der Waals surface area contributed by atoms with Crippen LogP contribution in [-0.2, 0) is 6.18 Å². The maximum Gasteiger partial charge on any atom is 0.417 e. The van der Waals surface area contributed by atoms with Crippen molar-refractivity contribution in [2.45, 2.75) is 25.6 Å². The van der Waals surface area contributed by atoms with Crippen LogP contribution in [0.2, 0.25) is 0 Å². The predicted molar refractivity (Wildman–Crippen MR) is 62.9 cm³/mol. The molecule has 0 saturated heterocycles. The second-order valence-electron chi connectivity index (χ2n) is 3.86. The van der Waals surface area contributed by atoms with Crippen LogP contribution in [0.15, 0.2) is 18.2 Å². The number of anilines is 1. The van der Waals surface area contributed by atoms with Gasteiger partial charge in [-0.05, 0) is 24.6 Å². The highest BCUT2D eigenvalue weighted by Gasteiger charge is 2.33. The van der Waals surface area contributed by atoms with Crippen LogP contribution >= 0.6 is 0 Å². The van der Waals surface area contributed by atoms with Crippen LogP contribution in [0.4, 0.5) is 18.9 Å². The van der Waals surface area contributed by atoms with Crippen molar-refractivity contribution in [2.24, 2.45) is 5.73 Å². The SMILES string of the molecule is CCC(CN)Nc1ccc(C(F)(F)F)c(C#N)c1. The average Bonchev–Trinajstić information content (AvgIpc) is 2.34. The molecule has 0 amide bonds.